The first-order chi connectivity index (χ1) is 7.59. The molecule has 6 heteroatoms. The monoisotopic (exact) mass is 241 g/mol. The smallest absolute Gasteiger partial charge is 0.240 e. The first-order valence-corrected chi connectivity index (χ1v) is 6.71. The lowest BCUT2D eigenvalue weighted by atomic mass is 10.2. The van der Waals surface area contributed by atoms with Crippen molar-refractivity contribution in [2.24, 2.45) is 5.14 Å². The number of para-hydroxylation sites is 1. The van der Waals surface area contributed by atoms with Gasteiger partial charge in [0.15, 0.2) is 0 Å². The van der Waals surface area contributed by atoms with E-state index in [9.17, 15) is 8.42 Å². The van der Waals surface area contributed by atoms with Gasteiger partial charge in [0.05, 0.1) is 5.69 Å². The van der Waals surface area contributed by atoms with Crippen LogP contribution in [-0.2, 0) is 10.0 Å². The molecule has 0 bridgehead atoms. The number of anilines is 1. The average molecular weight is 241 g/mol. The van der Waals surface area contributed by atoms with Gasteiger partial charge in [-0.25, -0.2) is 13.6 Å². The fourth-order valence-corrected chi connectivity index (χ4v) is 2.62. The molecular formula is C10H15N3O2S. The predicted molar refractivity (Wildman–Crippen MR) is 62.9 cm³/mol. The highest BCUT2D eigenvalue weighted by atomic mass is 32.2. The van der Waals surface area contributed by atoms with Crippen molar-refractivity contribution < 1.29 is 8.42 Å². The zero-order chi connectivity index (χ0) is 11.6. The van der Waals surface area contributed by atoms with E-state index < -0.39 is 10.0 Å². The first-order valence-electron chi connectivity index (χ1n) is 5.16. The number of piperazine rings is 1. The van der Waals surface area contributed by atoms with Crippen molar-refractivity contribution in [3.05, 3.63) is 24.3 Å². The number of hydrogen-bond acceptors (Lipinski definition) is 4. The Balaban J connectivity index is 2.40. The second kappa shape index (κ2) is 4.40. The van der Waals surface area contributed by atoms with E-state index in [0.29, 0.717) is 5.69 Å². The molecule has 1 heterocycles. The molecule has 1 aliphatic heterocycles. The number of nitrogens with two attached hydrogens (primary N) is 1. The van der Waals surface area contributed by atoms with Crippen LogP contribution in [0.1, 0.15) is 0 Å². The first kappa shape index (κ1) is 11.4. The van der Waals surface area contributed by atoms with Gasteiger partial charge in [0.2, 0.25) is 10.0 Å². The van der Waals surface area contributed by atoms with Crippen LogP contribution in [0.25, 0.3) is 0 Å². The second-order valence-corrected chi connectivity index (χ2v) is 5.28. The number of hydrogen-bond donors (Lipinski definition) is 2. The molecule has 0 atom stereocenters. The maximum Gasteiger partial charge on any atom is 0.240 e. The highest BCUT2D eigenvalue weighted by Crippen LogP contribution is 2.23. The third-order valence-electron chi connectivity index (χ3n) is 2.63. The number of sulfonamides is 1. The Labute approximate surface area is 95.3 Å². The molecule has 88 valence electrons. The number of benzene rings is 1. The van der Waals surface area contributed by atoms with Crippen LogP contribution in [0.15, 0.2) is 29.2 Å². The second-order valence-electron chi connectivity index (χ2n) is 3.75. The SMILES string of the molecule is NS(=O)(=O)c1ccccc1N1CCNCC1. The van der Waals surface area contributed by atoms with Crippen LogP contribution in [0.4, 0.5) is 5.69 Å². The number of nitrogens with zero attached hydrogens (tertiary/aromatic N) is 1. The Morgan fingerprint density at radius 1 is 1.19 bits per heavy atom. The fraction of sp³-hybridized carbons (Fsp3) is 0.400. The molecule has 3 N–H and O–H groups in total. The van der Waals surface area contributed by atoms with Crippen LogP contribution in [0.2, 0.25) is 0 Å². The molecule has 0 radical (unpaired) electrons. The predicted octanol–water partition coefficient (Wildman–Crippen LogP) is -0.256. The molecule has 1 aromatic carbocycles. The molecule has 0 saturated carbocycles. The zero-order valence-corrected chi connectivity index (χ0v) is 9.70. The number of primary sulfonamides is 1. The summed E-state index contributed by atoms with van der Waals surface area (Å²) < 4.78 is 22.9. The van der Waals surface area contributed by atoms with Crippen LogP contribution < -0.4 is 15.4 Å². The lowest BCUT2D eigenvalue weighted by molar-refractivity contribution is 0.580. The van der Waals surface area contributed by atoms with Crippen molar-refractivity contribution in [2.75, 3.05) is 31.1 Å². The summed E-state index contributed by atoms with van der Waals surface area (Å²) in [7, 11) is -3.64. The van der Waals surface area contributed by atoms with Crippen LogP contribution in [0.5, 0.6) is 0 Å². The molecule has 2 rings (SSSR count). The highest BCUT2D eigenvalue weighted by Gasteiger charge is 2.19. The van der Waals surface area contributed by atoms with Crippen molar-refractivity contribution in [3.8, 4) is 0 Å². The Bertz CT molecular complexity index is 467. The molecule has 0 amide bonds. The lowest BCUT2D eigenvalue weighted by Gasteiger charge is -2.30. The van der Waals surface area contributed by atoms with E-state index in [-0.39, 0.29) is 4.90 Å². The van der Waals surface area contributed by atoms with E-state index in [4.69, 9.17) is 5.14 Å². The third kappa shape index (κ3) is 2.34. The van der Waals surface area contributed by atoms with E-state index in [1.54, 1.807) is 18.2 Å². The van der Waals surface area contributed by atoms with E-state index in [2.05, 4.69) is 5.32 Å². The van der Waals surface area contributed by atoms with Crippen molar-refractivity contribution in [1.29, 1.82) is 0 Å². The summed E-state index contributed by atoms with van der Waals surface area (Å²) in [5.41, 5.74) is 0.700. The van der Waals surface area contributed by atoms with Crippen LogP contribution in [0.3, 0.4) is 0 Å². The van der Waals surface area contributed by atoms with E-state index >= 15 is 0 Å². The standard InChI is InChI=1S/C10H15N3O2S/c11-16(14,15)10-4-2-1-3-9(10)13-7-5-12-6-8-13/h1-4,12H,5-8H2,(H2,11,14,15). The van der Waals surface area contributed by atoms with Crippen LogP contribution in [0, 0.1) is 0 Å². The molecule has 1 saturated heterocycles. The van der Waals surface area contributed by atoms with Crippen molar-refractivity contribution >= 4 is 15.7 Å². The van der Waals surface area contributed by atoms with E-state index in [1.807, 2.05) is 11.0 Å². The molecule has 1 aliphatic rings. The summed E-state index contributed by atoms with van der Waals surface area (Å²) in [6, 6.07) is 6.86. The van der Waals surface area contributed by atoms with Crippen LogP contribution in [-0.4, -0.2) is 34.6 Å². The number of nitrogens with one attached hydrogen (secondary N) is 1. The largest absolute Gasteiger partial charge is 0.368 e. The average Bonchev–Trinajstić information content (AvgIpc) is 2.29. The van der Waals surface area contributed by atoms with Gasteiger partial charge in [-0.15, -0.1) is 0 Å². The third-order valence-corrected chi connectivity index (χ3v) is 3.59. The van der Waals surface area contributed by atoms with Gasteiger partial charge >= 0.3 is 0 Å². The Hall–Kier alpha value is -1.11. The molecule has 1 aromatic rings. The van der Waals surface area contributed by atoms with Crippen molar-refractivity contribution in [1.82, 2.24) is 5.32 Å². The van der Waals surface area contributed by atoms with E-state index in [0.717, 1.165) is 26.2 Å². The van der Waals surface area contributed by atoms with Gasteiger partial charge in [-0.3, -0.25) is 0 Å². The minimum atomic E-state index is -3.64. The Morgan fingerprint density at radius 2 is 1.81 bits per heavy atom. The summed E-state index contributed by atoms with van der Waals surface area (Å²) in [5.74, 6) is 0. The van der Waals surface area contributed by atoms with Gasteiger partial charge in [-0.1, -0.05) is 12.1 Å². The Kier molecular flexibility index (Phi) is 3.13. The molecule has 16 heavy (non-hydrogen) atoms. The Morgan fingerprint density at radius 3 is 2.44 bits per heavy atom. The molecule has 0 unspecified atom stereocenters. The molecular weight excluding hydrogens is 226 g/mol. The summed E-state index contributed by atoms with van der Waals surface area (Å²) in [4.78, 5) is 2.24. The van der Waals surface area contributed by atoms with Crippen molar-refractivity contribution in [2.45, 2.75) is 4.90 Å². The maximum atomic E-state index is 11.4. The van der Waals surface area contributed by atoms with Gasteiger partial charge in [0.1, 0.15) is 4.90 Å². The van der Waals surface area contributed by atoms with Crippen LogP contribution >= 0.6 is 0 Å². The minimum absolute atomic E-state index is 0.205. The van der Waals surface area contributed by atoms with E-state index in [1.165, 1.54) is 0 Å². The van der Waals surface area contributed by atoms with Crippen molar-refractivity contribution in [3.63, 3.8) is 0 Å². The normalized spacial score (nSPS) is 17.4. The summed E-state index contributed by atoms with van der Waals surface area (Å²) >= 11 is 0. The highest BCUT2D eigenvalue weighted by molar-refractivity contribution is 7.89. The van der Waals surface area contributed by atoms with Gasteiger partial charge in [0, 0.05) is 26.2 Å². The molecule has 1 fully saturated rings. The number of rotatable bonds is 2. The van der Waals surface area contributed by atoms with Gasteiger partial charge in [-0.2, -0.15) is 0 Å². The topological polar surface area (TPSA) is 75.4 Å². The molecule has 0 aliphatic carbocycles. The fourth-order valence-electron chi connectivity index (χ4n) is 1.86. The molecule has 0 spiro atoms. The summed E-state index contributed by atoms with van der Waals surface area (Å²) in [6.45, 7) is 3.32. The van der Waals surface area contributed by atoms with Gasteiger partial charge in [-0.05, 0) is 12.1 Å². The quantitative estimate of drug-likeness (QED) is 0.748. The van der Waals surface area contributed by atoms with Gasteiger partial charge < -0.3 is 10.2 Å². The molecule has 0 aromatic heterocycles. The minimum Gasteiger partial charge on any atom is -0.368 e. The maximum absolute atomic E-state index is 11.4. The zero-order valence-electron chi connectivity index (χ0n) is 8.89. The van der Waals surface area contributed by atoms with Gasteiger partial charge in [0.25, 0.3) is 0 Å². The molecule has 5 nitrogen and oxygen atoms in total. The lowest BCUT2D eigenvalue weighted by Crippen LogP contribution is -2.44. The summed E-state index contributed by atoms with van der Waals surface area (Å²) in [5, 5.41) is 8.41. The summed E-state index contributed by atoms with van der Waals surface area (Å²) in [6.07, 6.45) is 0.